The molecule has 6 heteroatoms. The van der Waals surface area contributed by atoms with Crippen molar-refractivity contribution < 1.29 is 17.6 Å². The molecule has 0 saturated heterocycles. The van der Waals surface area contributed by atoms with Crippen molar-refractivity contribution in [2.75, 3.05) is 5.73 Å². The van der Waals surface area contributed by atoms with E-state index in [1.54, 1.807) is 13.0 Å². The van der Waals surface area contributed by atoms with E-state index < -0.39 is 17.6 Å². The van der Waals surface area contributed by atoms with Gasteiger partial charge in [0.15, 0.2) is 0 Å². The Kier molecular flexibility index (Phi) is 3.18. The number of pyridine rings is 1. The first-order valence-corrected chi connectivity index (χ1v) is 5.38. The summed E-state index contributed by atoms with van der Waals surface area (Å²) < 4.78 is 50.8. The van der Waals surface area contributed by atoms with Crippen molar-refractivity contribution >= 4 is 5.69 Å². The summed E-state index contributed by atoms with van der Waals surface area (Å²) >= 11 is 0. The Morgan fingerprint density at radius 2 is 1.84 bits per heavy atom. The van der Waals surface area contributed by atoms with E-state index in [0.29, 0.717) is 11.8 Å². The molecule has 0 unspecified atom stereocenters. The highest BCUT2D eigenvalue weighted by Crippen LogP contribution is 2.34. The number of aryl methyl sites for hydroxylation is 1. The van der Waals surface area contributed by atoms with E-state index in [1.807, 2.05) is 0 Å². The first-order chi connectivity index (χ1) is 8.79. The van der Waals surface area contributed by atoms with Crippen LogP contribution in [0.2, 0.25) is 0 Å². The number of aromatic nitrogens is 1. The fourth-order valence-electron chi connectivity index (χ4n) is 1.73. The third-order valence-corrected chi connectivity index (χ3v) is 2.60. The van der Waals surface area contributed by atoms with Crippen molar-refractivity contribution in [3.8, 4) is 11.3 Å². The Labute approximate surface area is 106 Å². The number of hydrogen-bond acceptors (Lipinski definition) is 2. The maximum atomic E-state index is 13.5. The molecule has 0 aliphatic heterocycles. The summed E-state index contributed by atoms with van der Waals surface area (Å²) in [6.07, 6.45) is -3.20. The third-order valence-electron chi connectivity index (χ3n) is 2.60. The smallest absolute Gasteiger partial charge is 0.397 e. The molecule has 2 rings (SSSR count). The first-order valence-electron chi connectivity index (χ1n) is 5.38. The van der Waals surface area contributed by atoms with Crippen molar-refractivity contribution in [3.63, 3.8) is 0 Å². The Balaban J connectivity index is 2.51. The molecular weight excluding hydrogens is 260 g/mol. The fourth-order valence-corrected chi connectivity index (χ4v) is 1.73. The van der Waals surface area contributed by atoms with Crippen LogP contribution in [-0.4, -0.2) is 4.98 Å². The maximum absolute atomic E-state index is 13.5. The molecule has 0 radical (unpaired) electrons. The number of nitrogen functional groups attached to an aromatic ring is 1. The van der Waals surface area contributed by atoms with Crippen molar-refractivity contribution in [1.82, 2.24) is 4.98 Å². The molecule has 0 aliphatic carbocycles. The molecule has 0 atom stereocenters. The van der Waals surface area contributed by atoms with Crippen LogP contribution < -0.4 is 5.73 Å². The number of benzene rings is 1. The number of anilines is 1. The topological polar surface area (TPSA) is 38.9 Å². The first kappa shape index (κ1) is 13.3. The zero-order chi connectivity index (χ0) is 14.2. The summed E-state index contributed by atoms with van der Waals surface area (Å²) in [4.78, 5) is 4.01. The van der Waals surface area contributed by atoms with Crippen LogP contribution in [0.1, 0.15) is 11.1 Å². The number of hydrogen-bond donors (Lipinski definition) is 1. The van der Waals surface area contributed by atoms with E-state index in [0.717, 1.165) is 17.7 Å². The van der Waals surface area contributed by atoms with E-state index in [1.165, 1.54) is 6.20 Å². The van der Waals surface area contributed by atoms with Crippen LogP contribution in [0.5, 0.6) is 0 Å². The van der Waals surface area contributed by atoms with Crippen molar-refractivity contribution in [1.29, 1.82) is 0 Å². The average molecular weight is 270 g/mol. The van der Waals surface area contributed by atoms with E-state index in [-0.39, 0.29) is 11.3 Å². The van der Waals surface area contributed by atoms with Crippen LogP contribution >= 0.6 is 0 Å². The molecule has 2 aromatic rings. The van der Waals surface area contributed by atoms with Crippen molar-refractivity contribution in [2.45, 2.75) is 13.1 Å². The minimum absolute atomic E-state index is 0.211. The van der Waals surface area contributed by atoms with E-state index in [9.17, 15) is 17.6 Å². The van der Waals surface area contributed by atoms with Crippen LogP contribution in [-0.2, 0) is 6.18 Å². The molecule has 100 valence electrons. The summed E-state index contributed by atoms with van der Waals surface area (Å²) in [6.45, 7) is 1.78. The van der Waals surface area contributed by atoms with E-state index in [2.05, 4.69) is 4.98 Å². The fraction of sp³-hybridized carbons (Fsp3) is 0.154. The second-order valence-electron chi connectivity index (χ2n) is 4.14. The zero-order valence-electron chi connectivity index (χ0n) is 9.92. The largest absolute Gasteiger partial charge is 0.419 e. The lowest BCUT2D eigenvalue weighted by atomic mass is 10.1. The van der Waals surface area contributed by atoms with Crippen LogP contribution in [0.3, 0.4) is 0 Å². The van der Waals surface area contributed by atoms with Gasteiger partial charge in [-0.2, -0.15) is 13.2 Å². The summed E-state index contributed by atoms with van der Waals surface area (Å²) in [6, 6.07) is 4.25. The third kappa shape index (κ3) is 2.67. The number of halogens is 4. The van der Waals surface area contributed by atoms with E-state index in [4.69, 9.17) is 5.73 Å². The molecule has 0 aliphatic rings. The standard InChI is InChI=1S/C13H10F4N2/c1-7-4-11(18)12(19-6-7)8-2-3-9(10(14)5-8)13(15,16)17/h2-6H,18H2,1H3. The summed E-state index contributed by atoms with van der Waals surface area (Å²) in [5, 5.41) is 0. The van der Waals surface area contributed by atoms with Gasteiger partial charge >= 0.3 is 6.18 Å². The Morgan fingerprint density at radius 1 is 1.16 bits per heavy atom. The summed E-state index contributed by atoms with van der Waals surface area (Å²) in [5.74, 6) is -1.34. The molecule has 2 nitrogen and oxygen atoms in total. The van der Waals surface area contributed by atoms with Gasteiger partial charge in [-0.3, -0.25) is 4.98 Å². The Hall–Kier alpha value is -2.11. The molecule has 1 aromatic carbocycles. The van der Waals surface area contributed by atoms with Gasteiger partial charge in [0.25, 0.3) is 0 Å². The lowest BCUT2D eigenvalue weighted by Gasteiger charge is -2.10. The minimum Gasteiger partial charge on any atom is -0.397 e. The molecule has 0 bridgehead atoms. The predicted molar refractivity (Wildman–Crippen MR) is 63.8 cm³/mol. The molecule has 2 N–H and O–H groups in total. The number of alkyl halides is 3. The van der Waals surface area contributed by atoms with Gasteiger partial charge in [0, 0.05) is 11.8 Å². The molecular formula is C13H10F4N2. The SMILES string of the molecule is Cc1cnc(-c2ccc(C(F)(F)F)c(F)c2)c(N)c1. The van der Waals surface area contributed by atoms with Gasteiger partial charge < -0.3 is 5.73 Å². The Bertz CT molecular complexity index is 621. The monoisotopic (exact) mass is 270 g/mol. The van der Waals surface area contributed by atoms with Crippen molar-refractivity contribution in [3.05, 3.63) is 47.4 Å². The van der Waals surface area contributed by atoms with Crippen LogP contribution in [0.15, 0.2) is 30.5 Å². The highest BCUT2D eigenvalue weighted by atomic mass is 19.4. The minimum atomic E-state index is -4.71. The van der Waals surface area contributed by atoms with Gasteiger partial charge in [0.1, 0.15) is 5.82 Å². The molecule has 0 amide bonds. The summed E-state index contributed by atoms with van der Waals surface area (Å²) in [7, 11) is 0. The average Bonchev–Trinajstić information content (AvgIpc) is 2.26. The molecule has 19 heavy (non-hydrogen) atoms. The summed E-state index contributed by atoms with van der Waals surface area (Å²) in [5.41, 5.74) is 5.99. The predicted octanol–water partition coefficient (Wildman–Crippen LogP) is 3.80. The van der Waals surface area contributed by atoms with Crippen LogP contribution in [0.4, 0.5) is 23.2 Å². The highest BCUT2D eigenvalue weighted by Gasteiger charge is 2.34. The van der Waals surface area contributed by atoms with Gasteiger partial charge in [0.2, 0.25) is 0 Å². The highest BCUT2D eigenvalue weighted by molar-refractivity contribution is 5.72. The quantitative estimate of drug-likeness (QED) is 0.800. The van der Waals surface area contributed by atoms with Crippen LogP contribution in [0, 0.1) is 12.7 Å². The van der Waals surface area contributed by atoms with Crippen molar-refractivity contribution in [2.24, 2.45) is 0 Å². The molecule has 0 spiro atoms. The maximum Gasteiger partial charge on any atom is 0.419 e. The number of nitrogens with zero attached hydrogens (tertiary/aromatic N) is 1. The second-order valence-corrected chi connectivity index (χ2v) is 4.14. The number of rotatable bonds is 1. The molecule has 1 aromatic heterocycles. The molecule has 1 heterocycles. The molecule has 0 fully saturated rings. The lowest BCUT2D eigenvalue weighted by Crippen LogP contribution is -2.08. The number of nitrogens with two attached hydrogens (primary N) is 1. The van der Waals surface area contributed by atoms with Gasteiger partial charge in [-0.05, 0) is 30.7 Å². The van der Waals surface area contributed by atoms with Gasteiger partial charge in [-0.15, -0.1) is 0 Å². The van der Waals surface area contributed by atoms with Crippen LogP contribution in [0.25, 0.3) is 11.3 Å². The lowest BCUT2D eigenvalue weighted by molar-refractivity contribution is -0.139. The zero-order valence-corrected chi connectivity index (χ0v) is 9.92. The van der Waals surface area contributed by atoms with Gasteiger partial charge in [-0.25, -0.2) is 4.39 Å². The molecule has 0 saturated carbocycles. The second kappa shape index (κ2) is 4.53. The Morgan fingerprint density at radius 3 is 2.37 bits per heavy atom. The van der Waals surface area contributed by atoms with Gasteiger partial charge in [0.05, 0.1) is 16.9 Å². The van der Waals surface area contributed by atoms with Gasteiger partial charge in [-0.1, -0.05) is 6.07 Å². The van der Waals surface area contributed by atoms with E-state index >= 15 is 0 Å². The normalized spacial score (nSPS) is 11.6.